The molecule has 1 aliphatic rings. The van der Waals surface area contributed by atoms with E-state index in [1.54, 1.807) is 11.0 Å². The molecule has 0 bridgehead atoms. The fourth-order valence-corrected chi connectivity index (χ4v) is 4.44. The molecule has 1 fully saturated rings. The first-order chi connectivity index (χ1) is 14.8. The van der Waals surface area contributed by atoms with Gasteiger partial charge in [0, 0.05) is 41.9 Å². The van der Waals surface area contributed by atoms with E-state index in [4.69, 9.17) is 13.6 Å². The molecule has 0 unspecified atom stereocenters. The van der Waals surface area contributed by atoms with E-state index in [2.05, 4.69) is 0 Å². The van der Waals surface area contributed by atoms with Gasteiger partial charge in [-0.25, -0.2) is 4.79 Å². The molecule has 4 rings (SSSR count). The Morgan fingerprint density at radius 1 is 1.03 bits per heavy atom. The van der Waals surface area contributed by atoms with Crippen molar-refractivity contribution in [3.8, 4) is 0 Å². The van der Waals surface area contributed by atoms with Crippen LogP contribution in [0, 0.1) is 26.7 Å². The summed E-state index contributed by atoms with van der Waals surface area (Å²) < 4.78 is 16.1. The van der Waals surface area contributed by atoms with E-state index < -0.39 is 5.63 Å². The predicted molar refractivity (Wildman–Crippen MR) is 116 cm³/mol. The minimum absolute atomic E-state index is 0.0148. The van der Waals surface area contributed by atoms with E-state index in [-0.39, 0.29) is 24.2 Å². The highest BCUT2D eigenvalue weighted by atomic mass is 16.5. The largest absolute Gasteiger partial charge is 0.469 e. The first-order valence-electron chi connectivity index (χ1n) is 10.6. The molecule has 3 aromatic rings. The molecule has 1 aromatic carbocycles. The molecule has 0 atom stereocenters. The summed E-state index contributed by atoms with van der Waals surface area (Å²) >= 11 is 0. The Morgan fingerprint density at radius 2 is 1.68 bits per heavy atom. The van der Waals surface area contributed by atoms with E-state index >= 15 is 0 Å². The number of carbonyl (C=O) groups excluding carboxylic acids is 2. The van der Waals surface area contributed by atoms with Crippen molar-refractivity contribution >= 4 is 33.8 Å². The smallest absolute Gasteiger partial charge is 0.339 e. The third kappa shape index (κ3) is 3.84. The molecule has 1 aliphatic heterocycles. The molecular weight excluding hydrogens is 398 g/mol. The quantitative estimate of drug-likeness (QED) is 0.466. The second kappa shape index (κ2) is 8.21. The number of piperidine rings is 1. The number of methoxy groups -OCH3 is 1. The van der Waals surface area contributed by atoms with Crippen LogP contribution < -0.4 is 5.63 Å². The van der Waals surface area contributed by atoms with Crippen LogP contribution in [0.25, 0.3) is 21.9 Å². The lowest BCUT2D eigenvalue weighted by atomic mass is 9.96. The summed E-state index contributed by atoms with van der Waals surface area (Å²) in [5.41, 5.74) is 3.20. The van der Waals surface area contributed by atoms with E-state index in [1.807, 2.05) is 26.8 Å². The van der Waals surface area contributed by atoms with E-state index in [0.29, 0.717) is 49.1 Å². The van der Waals surface area contributed by atoms with E-state index in [0.717, 1.165) is 27.7 Å². The van der Waals surface area contributed by atoms with Crippen molar-refractivity contribution in [2.75, 3.05) is 20.2 Å². The fourth-order valence-electron chi connectivity index (χ4n) is 4.44. The Balaban J connectivity index is 1.52. The number of likely N-dealkylation sites (tertiary alicyclic amines) is 1. The van der Waals surface area contributed by atoms with Crippen molar-refractivity contribution in [2.45, 2.75) is 46.5 Å². The number of benzene rings is 1. The second-order valence-corrected chi connectivity index (χ2v) is 8.30. The topological polar surface area (TPSA) is 90.0 Å². The number of hydrogen-bond acceptors (Lipinski definition) is 6. The molecule has 164 valence electrons. The zero-order valence-electron chi connectivity index (χ0n) is 18.4. The van der Waals surface area contributed by atoms with Gasteiger partial charge >= 0.3 is 11.6 Å². The van der Waals surface area contributed by atoms with Crippen LogP contribution in [0.15, 0.2) is 25.8 Å². The van der Waals surface area contributed by atoms with Gasteiger partial charge in [0.25, 0.3) is 0 Å². The second-order valence-electron chi connectivity index (χ2n) is 8.30. The third-order valence-corrected chi connectivity index (χ3v) is 6.55. The number of furan rings is 1. The molecule has 31 heavy (non-hydrogen) atoms. The van der Waals surface area contributed by atoms with Crippen molar-refractivity contribution < 1.29 is 23.2 Å². The molecule has 0 aliphatic carbocycles. The van der Waals surface area contributed by atoms with Gasteiger partial charge in [-0.2, -0.15) is 0 Å². The van der Waals surface area contributed by atoms with Crippen LogP contribution in [0.1, 0.15) is 41.7 Å². The van der Waals surface area contributed by atoms with Crippen molar-refractivity contribution in [1.82, 2.24) is 4.90 Å². The third-order valence-electron chi connectivity index (χ3n) is 6.55. The Hall–Kier alpha value is -3.09. The average molecular weight is 425 g/mol. The van der Waals surface area contributed by atoms with Gasteiger partial charge in [0.15, 0.2) is 0 Å². The van der Waals surface area contributed by atoms with Gasteiger partial charge in [-0.05, 0) is 57.2 Å². The summed E-state index contributed by atoms with van der Waals surface area (Å²) in [6.45, 7) is 6.87. The van der Waals surface area contributed by atoms with E-state index in [9.17, 15) is 14.4 Å². The standard InChI is InChI=1S/C24H27NO6/c1-13-15(3)30-20-12-21-19(11-18(13)20)14(2)17(24(28)31-21)5-6-22(26)25-9-7-16(8-10-25)23(27)29-4/h11-12,16H,5-10H2,1-4H3. The lowest BCUT2D eigenvalue weighted by Gasteiger charge is -2.30. The van der Waals surface area contributed by atoms with Crippen LogP contribution >= 0.6 is 0 Å². The van der Waals surface area contributed by atoms with Crippen LogP contribution in [0.2, 0.25) is 0 Å². The Bertz CT molecular complexity index is 1230. The van der Waals surface area contributed by atoms with Gasteiger partial charge in [-0.3, -0.25) is 9.59 Å². The number of fused-ring (bicyclic) bond motifs is 2. The summed E-state index contributed by atoms with van der Waals surface area (Å²) in [6.07, 6.45) is 1.76. The molecule has 1 saturated heterocycles. The molecule has 0 saturated carbocycles. The molecule has 0 N–H and O–H groups in total. The van der Waals surface area contributed by atoms with Gasteiger partial charge in [0.05, 0.1) is 13.0 Å². The maximum absolute atomic E-state index is 12.7. The Labute approximate surface area is 179 Å². The van der Waals surface area contributed by atoms with Gasteiger partial charge in [0.1, 0.15) is 16.9 Å². The monoisotopic (exact) mass is 425 g/mol. The highest BCUT2D eigenvalue weighted by Crippen LogP contribution is 2.31. The average Bonchev–Trinajstić information content (AvgIpc) is 3.04. The SMILES string of the molecule is COC(=O)C1CCN(C(=O)CCc2c(C)c3cc4c(C)c(C)oc4cc3oc2=O)CC1. The normalized spacial score (nSPS) is 15.0. The van der Waals surface area contributed by atoms with Crippen LogP contribution in [-0.2, 0) is 20.7 Å². The maximum atomic E-state index is 12.7. The number of rotatable bonds is 4. The Morgan fingerprint density at radius 3 is 2.35 bits per heavy atom. The highest BCUT2D eigenvalue weighted by Gasteiger charge is 2.28. The summed E-state index contributed by atoms with van der Waals surface area (Å²) in [4.78, 5) is 38.7. The number of hydrogen-bond donors (Lipinski definition) is 0. The van der Waals surface area contributed by atoms with Crippen molar-refractivity contribution in [3.05, 3.63) is 45.0 Å². The minimum Gasteiger partial charge on any atom is -0.469 e. The van der Waals surface area contributed by atoms with Crippen molar-refractivity contribution in [2.24, 2.45) is 5.92 Å². The number of nitrogens with zero attached hydrogens (tertiary/aromatic N) is 1. The first kappa shape index (κ1) is 21.2. The Kier molecular flexibility index (Phi) is 5.60. The minimum atomic E-state index is -0.415. The van der Waals surface area contributed by atoms with E-state index in [1.165, 1.54) is 7.11 Å². The summed E-state index contributed by atoms with van der Waals surface area (Å²) in [6, 6.07) is 3.76. The zero-order chi connectivity index (χ0) is 22.3. The lowest BCUT2D eigenvalue weighted by Crippen LogP contribution is -2.40. The molecule has 7 heteroatoms. The van der Waals surface area contributed by atoms with Crippen molar-refractivity contribution in [3.63, 3.8) is 0 Å². The van der Waals surface area contributed by atoms with Gasteiger partial charge in [0.2, 0.25) is 5.91 Å². The zero-order valence-corrected chi connectivity index (χ0v) is 18.4. The number of aryl methyl sites for hydroxylation is 3. The molecular formula is C24H27NO6. The van der Waals surface area contributed by atoms with Crippen LogP contribution in [-0.4, -0.2) is 37.0 Å². The van der Waals surface area contributed by atoms with Crippen LogP contribution in [0.4, 0.5) is 0 Å². The van der Waals surface area contributed by atoms with Gasteiger partial charge in [-0.15, -0.1) is 0 Å². The van der Waals surface area contributed by atoms with Crippen LogP contribution in [0.3, 0.4) is 0 Å². The van der Waals surface area contributed by atoms with Gasteiger partial charge < -0.3 is 18.5 Å². The number of esters is 1. The maximum Gasteiger partial charge on any atom is 0.339 e. The summed E-state index contributed by atoms with van der Waals surface area (Å²) in [5.74, 6) is 0.468. The van der Waals surface area contributed by atoms with Crippen molar-refractivity contribution in [1.29, 1.82) is 0 Å². The van der Waals surface area contributed by atoms with Crippen LogP contribution in [0.5, 0.6) is 0 Å². The molecule has 0 spiro atoms. The molecule has 1 amide bonds. The van der Waals surface area contributed by atoms with Gasteiger partial charge in [-0.1, -0.05) is 0 Å². The summed E-state index contributed by atoms with van der Waals surface area (Å²) in [7, 11) is 1.39. The lowest BCUT2D eigenvalue weighted by molar-refractivity contribution is -0.148. The number of amides is 1. The molecule has 3 heterocycles. The fraction of sp³-hybridized carbons (Fsp3) is 0.458. The number of carbonyl (C=O) groups is 2. The molecule has 2 aromatic heterocycles. The predicted octanol–water partition coefficient (Wildman–Crippen LogP) is 3.81. The highest BCUT2D eigenvalue weighted by molar-refractivity contribution is 5.96. The summed E-state index contributed by atoms with van der Waals surface area (Å²) in [5, 5.41) is 1.86. The molecule has 7 nitrogen and oxygen atoms in total. The first-order valence-corrected chi connectivity index (χ1v) is 10.6. The number of ether oxygens (including phenoxy) is 1. The molecule has 0 radical (unpaired) electrons.